The van der Waals surface area contributed by atoms with Gasteiger partial charge >= 0.3 is 5.97 Å². The zero-order chi connectivity index (χ0) is 19.1. The number of ether oxygens (including phenoxy) is 3. The molecule has 0 aromatic heterocycles. The van der Waals surface area contributed by atoms with Crippen LogP contribution < -0.4 is 4.74 Å². The molecule has 2 aromatic carbocycles. The van der Waals surface area contributed by atoms with E-state index >= 15 is 0 Å². The molecule has 1 aliphatic rings. The van der Waals surface area contributed by atoms with Crippen molar-refractivity contribution in [2.45, 2.75) is 36.4 Å². The van der Waals surface area contributed by atoms with E-state index in [-0.39, 0.29) is 12.1 Å². The molecule has 27 heavy (non-hydrogen) atoms. The summed E-state index contributed by atoms with van der Waals surface area (Å²) in [6.45, 7) is 2.61. The summed E-state index contributed by atoms with van der Waals surface area (Å²) in [5.41, 5.74) is -1.01. The molecule has 4 nitrogen and oxygen atoms in total. The van der Waals surface area contributed by atoms with E-state index in [4.69, 9.17) is 14.2 Å². The van der Waals surface area contributed by atoms with Gasteiger partial charge in [-0.3, -0.25) is 0 Å². The van der Waals surface area contributed by atoms with Gasteiger partial charge in [-0.05, 0) is 43.3 Å². The SMILES string of the molecule is CCOC(=O)C1(Oc2ccc(Br)cc2)CCOC(CSc2ccccc2)C1. The van der Waals surface area contributed by atoms with Gasteiger partial charge in [0, 0.05) is 28.0 Å². The van der Waals surface area contributed by atoms with Gasteiger partial charge in [-0.1, -0.05) is 34.1 Å². The molecule has 0 spiro atoms. The molecule has 1 aliphatic heterocycles. The largest absolute Gasteiger partial charge is 0.475 e. The Labute approximate surface area is 172 Å². The first-order chi connectivity index (χ1) is 13.1. The van der Waals surface area contributed by atoms with Gasteiger partial charge in [0.15, 0.2) is 0 Å². The molecule has 1 heterocycles. The number of esters is 1. The van der Waals surface area contributed by atoms with Gasteiger partial charge in [-0.15, -0.1) is 11.8 Å². The lowest BCUT2D eigenvalue weighted by Gasteiger charge is -2.38. The first-order valence-corrected chi connectivity index (χ1v) is 10.8. The summed E-state index contributed by atoms with van der Waals surface area (Å²) in [7, 11) is 0. The minimum Gasteiger partial charge on any atom is -0.475 e. The number of thioether (sulfide) groups is 1. The van der Waals surface area contributed by atoms with E-state index in [2.05, 4.69) is 28.1 Å². The Morgan fingerprint density at radius 2 is 1.96 bits per heavy atom. The molecule has 0 aliphatic carbocycles. The van der Waals surface area contributed by atoms with Crippen LogP contribution in [0.2, 0.25) is 0 Å². The van der Waals surface area contributed by atoms with E-state index in [9.17, 15) is 4.79 Å². The second-order valence-electron chi connectivity index (χ2n) is 6.34. The Bertz CT molecular complexity index is 738. The van der Waals surface area contributed by atoms with Gasteiger partial charge in [-0.2, -0.15) is 0 Å². The number of carbonyl (C=O) groups is 1. The second-order valence-corrected chi connectivity index (χ2v) is 8.35. The van der Waals surface area contributed by atoms with Crippen LogP contribution in [0, 0.1) is 0 Å². The molecule has 1 saturated heterocycles. The summed E-state index contributed by atoms with van der Waals surface area (Å²) in [6, 6.07) is 17.7. The molecule has 0 saturated carbocycles. The summed E-state index contributed by atoms with van der Waals surface area (Å²) < 4.78 is 18.5. The first kappa shape index (κ1) is 20.2. The van der Waals surface area contributed by atoms with Crippen LogP contribution in [0.5, 0.6) is 5.75 Å². The molecule has 144 valence electrons. The number of hydrogen-bond acceptors (Lipinski definition) is 5. The van der Waals surface area contributed by atoms with E-state index in [0.717, 1.165) is 10.2 Å². The van der Waals surface area contributed by atoms with Gasteiger partial charge in [0.05, 0.1) is 19.3 Å². The van der Waals surface area contributed by atoms with Gasteiger partial charge in [-0.25, -0.2) is 4.79 Å². The molecule has 2 atom stereocenters. The zero-order valence-corrected chi connectivity index (χ0v) is 17.6. The van der Waals surface area contributed by atoms with Crippen LogP contribution in [0.25, 0.3) is 0 Å². The number of benzene rings is 2. The van der Waals surface area contributed by atoms with E-state index < -0.39 is 5.60 Å². The quantitative estimate of drug-likeness (QED) is 0.433. The van der Waals surface area contributed by atoms with Crippen molar-refractivity contribution in [1.82, 2.24) is 0 Å². The van der Waals surface area contributed by atoms with Gasteiger partial charge in [0.1, 0.15) is 5.75 Å². The fraction of sp³-hybridized carbons (Fsp3) is 0.381. The molecule has 3 rings (SSSR count). The Morgan fingerprint density at radius 3 is 2.67 bits per heavy atom. The summed E-state index contributed by atoms with van der Waals surface area (Å²) >= 11 is 5.14. The minimum atomic E-state index is -1.01. The van der Waals surface area contributed by atoms with Crippen molar-refractivity contribution in [2.24, 2.45) is 0 Å². The second kappa shape index (κ2) is 9.62. The van der Waals surface area contributed by atoms with Crippen molar-refractivity contribution in [1.29, 1.82) is 0 Å². The number of halogens is 1. The fourth-order valence-electron chi connectivity index (χ4n) is 3.04. The molecule has 6 heteroatoms. The summed E-state index contributed by atoms with van der Waals surface area (Å²) in [5.74, 6) is 1.10. The van der Waals surface area contributed by atoms with Crippen molar-refractivity contribution in [3.63, 3.8) is 0 Å². The highest BCUT2D eigenvalue weighted by Crippen LogP contribution is 2.34. The Balaban J connectivity index is 1.73. The fourth-order valence-corrected chi connectivity index (χ4v) is 4.25. The van der Waals surface area contributed by atoms with Crippen LogP contribution in [0.1, 0.15) is 19.8 Å². The monoisotopic (exact) mass is 450 g/mol. The Hall–Kier alpha value is -1.50. The molecule has 1 fully saturated rings. The third kappa shape index (κ3) is 5.50. The average molecular weight is 451 g/mol. The van der Waals surface area contributed by atoms with Crippen molar-refractivity contribution in [2.75, 3.05) is 19.0 Å². The summed E-state index contributed by atoms with van der Waals surface area (Å²) in [6.07, 6.45) is 0.875. The van der Waals surface area contributed by atoms with Crippen LogP contribution in [-0.4, -0.2) is 36.6 Å². The third-order valence-corrected chi connectivity index (χ3v) is 6.04. The summed E-state index contributed by atoms with van der Waals surface area (Å²) in [4.78, 5) is 14.0. The van der Waals surface area contributed by atoms with Crippen LogP contribution in [0.15, 0.2) is 64.0 Å². The summed E-state index contributed by atoms with van der Waals surface area (Å²) in [5, 5.41) is 0. The number of hydrogen-bond donors (Lipinski definition) is 0. The van der Waals surface area contributed by atoms with E-state index in [0.29, 0.717) is 31.8 Å². The topological polar surface area (TPSA) is 44.8 Å². The zero-order valence-electron chi connectivity index (χ0n) is 15.2. The molecule has 2 unspecified atom stereocenters. The molecule has 0 amide bonds. The molecule has 2 aromatic rings. The normalized spacial score (nSPS) is 22.2. The van der Waals surface area contributed by atoms with E-state index in [1.807, 2.05) is 49.4 Å². The maximum absolute atomic E-state index is 12.8. The van der Waals surface area contributed by atoms with Crippen molar-refractivity contribution in [3.05, 3.63) is 59.1 Å². The minimum absolute atomic E-state index is 0.0798. The van der Waals surface area contributed by atoms with E-state index in [1.54, 1.807) is 11.8 Å². The highest BCUT2D eigenvalue weighted by atomic mass is 79.9. The van der Waals surface area contributed by atoms with Crippen molar-refractivity contribution >= 4 is 33.7 Å². The Kier molecular flexibility index (Phi) is 7.21. The van der Waals surface area contributed by atoms with Crippen LogP contribution in [-0.2, 0) is 14.3 Å². The lowest BCUT2D eigenvalue weighted by molar-refractivity contribution is -0.174. The lowest BCUT2D eigenvalue weighted by Crippen LogP contribution is -2.53. The van der Waals surface area contributed by atoms with Gasteiger partial charge < -0.3 is 14.2 Å². The van der Waals surface area contributed by atoms with E-state index in [1.165, 1.54) is 4.90 Å². The van der Waals surface area contributed by atoms with Gasteiger partial charge in [0.25, 0.3) is 0 Å². The number of rotatable bonds is 7. The van der Waals surface area contributed by atoms with Crippen molar-refractivity contribution < 1.29 is 19.0 Å². The highest BCUT2D eigenvalue weighted by molar-refractivity contribution is 9.10. The third-order valence-electron chi connectivity index (χ3n) is 4.37. The van der Waals surface area contributed by atoms with Crippen molar-refractivity contribution in [3.8, 4) is 5.75 Å². The number of carbonyl (C=O) groups excluding carboxylic acids is 1. The van der Waals surface area contributed by atoms with Crippen LogP contribution in [0.4, 0.5) is 0 Å². The predicted octanol–water partition coefficient (Wildman–Crippen LogP) is 5.10. The molecule has 0 bridgehead atoms. The molecular weight excluding hydrogens is 428 g/mol. The molecule has 0 radical (unpaired) electrons. The first-order valence-electron chi connectivity index (χ1n) is 9.02. The maximum atomic E-state index is 12.8. The maximum Gasteiger partial charge on any atom is 0.350 e. The lowest BCUT2D eigenvalue weighted by atomic mass is 9.90. The predicted molar refractivity (Wildman–Crippen MR) is 110 cm³/mol. The van der Waals surface area contributed by atoms with Crippen LogP contribution >= 0.6 is 27.7 Å². The Morgan fingerprint density at radius 1 is 1.22 bits per heavy atom. The average Bonchev–Trinajstić information content (AvgIpc) is 2.69. The molecule has 0 N–H and O–H groups in total. The standard InChI is InChI=1S/C21H23BrO4S/c1-2-24-20(23)21(26-17-10-8-16(22)9-11-17)12-13-25-18(14-21)15-27-19-6-4-3-5-7-19/h3-11,18H,2,12-15H2,1H3. The molecular formula is C21H23BrO4S. The highest BCUT2D eigenvalue weighted by Gasteiger charge is 2.47. The van der Waals surface area contributed by atoms with Gasteiger partial charge in [0.2, 0.25) is 5.60 Å². The van der Waals surface area contributed by atoms with Crippen LogP contribution in [0.3, 0.4) is 0 Å². The smallest absolute Gasteiger partial charge is 0.350 e.